The van der Waals surface area contributed by atoms with Crippen molar-refractivity contribution < 1.29 is 0 Å². The van der Waals surface area contributed by atoms with Crippen LogP contribution in [-0.2, 0) is 6.42 Å². The summed E-state index contributed by atoms with van der Waals surface area (Å²) in [5, 5.41) is 1.92. The fourth-order valence-corrected chi connectivity index (χ4v) is 2.04. The van der Waals surface area contributed by atoms with E-state index in [4.69, 9.17) is 17.3 Å². The average Bonchev–Trinajstić information content (AvgIpc) is 2.27. The molecule has 2 nitrogen and oxygen atoms in total. The van der Waals surface area contributed by atoms with Crippen molar-refractivity contribution in [1.29, 1.82) is 0 Å². The lowest BCUT2D eigenvalue weighted by molar-refractivity contribution is 0.667. The van der Waals surface area contributed by atoms with Gasteiger partial charge in [0.15, 0.2) is 0 Å². The van der Waals surface area contributed by atoms with Gasteiger partial charge in [0.1, 0.15) is 0 Å². The number of hydrogen-bond acceptors (Lipinski definition) is 2. The third kappa shape index (κ3) is 2.34. The summed E-state index contributed by atoms with van der Waals surface area (Å²) in [5.41, 5.74) is 7.88. The van der Waals surface area contributed by atoms with Crippen LogP contribution in [0, 0.1) is 0 Å². The van der Waals surface area contributed by atoms with Crippen molar-refractivity contribution in [2.75, 3.05) is 0 Å². The first-order valence-corrected chi connectivity index (χ1v) is 5.84. The molecule has 1 atom stereocenters. The van der Waals surface area contributed by atoms with E-state index in [0.717, 1.165) is 34.3 Å². The monoisotopic (exact) mass is 234 g/mol. The lowest BCUT2D eigenvalue weighted by Crippen LogP contribution is -2.15. The van der Waals surface area contributed by atoms with Gasteiger partial charge in [-0.05, 0) is 37.5 Å². The molecule has 2 aromatic rings. The van der Waals surface area contributed by atoms with Crippen molar-refractivity contribution in [3.05, 3.63) is 41.0 Å². The second-order valence-corrected chi connectivity index (χ2v) is 4.52. The van der Waals surface area contributed by atoms with Crippen molar-refractivity contribution in [3.8, 4) is 0 Å². The molecule has 0 saturated heterocycles. The summed E-state index contributed by atoms with van der Waals surface area (Å²) < 4.78 is 0. The molecule has 1 aromatic heterocycles. The van der Waals surface area contributed by atoms with Crippen molar-refractivity contribution in [1.82, 2.24) is 4.98 Å². The number of fused-ring (bicyclic) bond motifs is 1. The molecule has 1 aromatic carbocycles. The maximum atomic E-state index is 6.21. The smallest absolute Gasteiger partial charge is 0.0748 e. The standard InChI is InChI=1S/C13H15ClN2/c1-9(15)4-6-11-12(14)7-5-10-3-2-8-16-13(10)11/h2-3,5,7-9H,4,6,15H2,1H3/t9-/m1/s1. The molecule has 0 amide bonds. The summed E-state index contributed by atoms with van der Waals surface area (Å²) in [6, 6.07) is 8.11. The van der Waals surface area contributed by atoms with Gasteiger partial charge in [0.2, 0.25) is 0 Å². The zero-order valence-electron chi connectivity index (χ0n) is 9.28. The highest BCUT2D eigenvalue weighted by Gasteiger charge is 2.07. The van der Waals surface area contributed by atoms with E-state index in [1.54, 1.807) is 6.20 Å². The van der Waals surface area contributed by atoms with Crippen LogP contribution in [0.25, 0.3) is 10.9 Å². The number of rotatable bonds is 3. The van der Waals surface area contributed by atoms with E-state index in [2.05, 4.69) is 4.98 Å². The summed E-state index contributed by atoms with van der Waals surface area (Å²) in [4.78, 5) is 4.39. The second-order valence-electron chi connectivity index (χ2n) is 4.12. The quantitative estimate of drug-likeness (QED) is 0.886. The molecular formula is C13H15ClN2. The SMILES string of the molecule is C[C@@H](N)CCc1c(Cl)ccc2cccnc12. The lowest BCUT2D eigenvalue weighted by atomic mass is 10.0. The number of pyridine rings is 1. The minimum absolute atomic E-state index is 0.190. The van der Waals surface area contributed by atoms with Crippen LogP contribution in [0.1, 0.15) is 18.9 Å². The summed E-state index contributed by atoms with van der Waals surface area (Å²) in [6.45, 7) is 2.01. The Morgan fingerprint density at radius 1 is 1.38 bits per heavy atom. The number of nitrogens with zero attached hydrogens (tertiary/aromatic N) is 1. The molecule has 0 radical (unpaired) electrons. The molecular weight excluding hydrogens is 220 g/mol. The number of halogens is 1. The molecule has 0 aliphatic rings. The van der Waals surface area contributed by atoms with Gasteiger partial charge in [-0.1, -0.05) is 23.7 Å². The summed E-state index contributed by atoms with van der Waals surface area (Å²) >= 11 is 6.21. The molecule has 16 heavy (non-hydrogen) atoms. The Labute approximate surface area is 100 Å². The first-order chi connectivity index (χ1) is 7.68. The highest BCUT2D eigenvalue weighted by molar-refractivity contribution is 6.32. The van der Waals surface area contributed by atoms with Gasteiger partial charge in [-0.3, -0.25) is 4.98 Å². The Hall–Kier alpha value is -1.12. The summed E-state index contributed by atoms with van der Waals surface area (Å²) in [7, 11) is 0. The molecule has 84 valence electrons. The van der Waals surface area contributed by atoms with Crippen LogP contribution in [0.2, 0.25) is 5.02 Å². The van der Waals surface area contributed by atoms with Gasteiger partial charge in [0, 0.05) is 22.6 Å². The van der Waals surface area contributed by atoms with E-state index < -0.39 is 0 Å². The molecule has 0 aliphatic heterocycles. The topological polar surface area (TPSA) is 38.9 Å². The zero-order chi connectivity index (χ0) is 11.5. The molecule has 1 heterocycles. The molecule has 2 N–H and O–H groups in total. The molecule has 0 aliphatic carbocycles. The van der Waals surface area contributed by atoms with Crippen LogP contribution in [0.5, 0.6) is 0 Å². The third-order valence-corrected chi connectivity index (χ3v) is 3.03. The van der Waals surface area contributed by atoms with Gasteiger partial charge in [-0.25, -0.2) is 0 Å². The highest BCUT2D eigenvalue weighted by atomic mass is 35.5. The maximum Gasteiger partial charge on any atom is 0.0748 e. The average molecular weight is 235 g/mol. The van der Waals surface area contributed by atoms with E-state index in [1.165, 1.54) is 0 Å². The van der Waals surface area contributed by atoms with Crippen molar-refractivity contribution in [2.45, 2.75) is 25.8 Å². The van der Waals surface area contributed by atoms with Gasteiger partial charge >= 0.3 is 0 Å². The number of nitrogens with two attached hydrogens (primary N) is 1. The van der Waals surface area contributed by atoms with E-state index >= 15 is 0 Å². The predicted octanol–water partition coefficient (Wildman–Crippen LogP) is 3.17. The molecule has 0 bridgehead atoms. The lowest BCUT2D eigenvalue weighted by Gasteiger charge is -2.09. The third-order valence-electron chi connectivity index (χ3n) is 2.67. The fourth-order valence-electron chi connectivity index (χ4n) is 1.79. The predicted molar refractivity (Wildman–Crippen MR) is 68.7 cm³/mol. The summed E-state index contributed by atoms with van der Waals surface area (Å²) in [5.74, 6) is 0. The van der Waals surface area contributed by atoms with Crippen LogP contribution >= 0.6 is 11.6 Å². The van der Waals surface area contributed by atoms with Crippen LogP contribution in [-0.4, -0.2) is 11.0 Å². The zero-order valence-corrected chi connectivity index (χ0v) is 10.0. The van der Waals surface area contributed by atoms with Crippen molar-refractivity contribution in [2.24, 2.45) is 5.73 Å². The Morgan fingerprint density at radius 3 is 2.94 bits per heavy atom. The van der Waals surface area contributed by atoms with Gasteiger partial charge in [0.05, 0.1) is 5.52 Å². The fraction of sp³-hybridized carbons (Fsp3) is 0.308. The normalized spacial score (nSPS) is 12.9. The molecule has 0 saturated carbocycles. The van der Waals surface area contributed by atoms with Crippen molar-refractivity contribution in [3.63, 3.8) is 0 Å². The van der Waals surface area contributed by atoms with Crippen molar-refractivity contribution >= 4 is 22.5 Å². The van der Waals surface area contributed by atoms with E-state index in [0.29, 0.717) is 0 Å². The van der Waals surface area contributed by atoms with E-state index in [1.807, 2.05) is 31.2 Å². The molecule has 0 spiro atoms. The number of benzene rings is 1. The van der Waals surface area contributed by atoms with E-state index in [9.17, 15) is 0 Å². The van der Waals surface area contributed by atoms with E-state index in [-0.39, 0.29) is 6.04 Å². The van der Waals surface area contributed by atoms with Crippen LogP contribution < -0.4 is 5.73 Å². The Kier molecular flexibility index (Phi) is 3.42. The Bertz CT molecular complexity index is 494. The van der Waals surface area contributed by atoms with Crippen LogP contribution in [0.4, 0.5) is 0 Å². The Morgan fingerprint density at radius 2 is 2.19 bits per heavy atom. The Balaban J connectivity index is 2.44. The number of aryl methyl sites for hydroxylation is 1. The van der Waals surface area contributed by atoms with Gasteiger partial charge in [0.25, 0.3) is 0 Å². The highest BCUT2D eigenvalue weighted by Crippen LogP contribution is 2.25. The summed E-state index contributed by atoms with van der Waals surface area (Å²) in [6.07, 6.45) is 3.61. The maximum absolute atomic E-state index is 6.21. The largest absolute Gasteiger partial charge is 0.328 e. The second kappa shape index (κ2) is 4.81. The van der Waals surface area contributed by atoms with Gasteiger partial charge < -0.3 is 5.73 Å². The number of hydrogen-bond donors (Lipinski definition) is 1. The van der Waals surface area contributed by atoms with Gasteiger partial charge in [-0.2, -0.15) is 0 Å². The number of aromatic nitrogens is 1. The van der Waals surface area contributed by atoms with Crippen LogP contribution in [0.3, 0.4) is 0 Å². The minimum Gasteiger partial charge on any atom is -0.328 e. The molecule has 2 rings (SSSR count). The molecule has 3 heteroatoms. The first-order valence-electron chi connectivity index (χ1n) is 5.46. The first kappa shape index (κ1) is 11.4. The van der Waals surface area contributed by atoms with Gasteiger partial charge in [-0.15, -0.1) is 0 Å². The van der Waals surface area contributed by atoms with Crippen LogP contribution in [0.15, 0.2) is 30.5 Å². The minimum atomic E-state index is 0.190. The molecule has 0 fully saturated rings. The molecule has 0 unspecified atom stereocenters.